The van der Waals surface area contributed by atoms with Gasteiger partial charge in [-0.25, -0.2) is 0 Å². The zero-order valence-electron chi connectivity index (χ0n) is 11.4. The van der Waals surface area contributed by atoms with Crippen molar-refractivity contribution in [2.45, 2.75) is 45.3 Å². The summed E-state index contributed by atoms with van der Waals surface area (Å²) in [4.78, 5) is 14.2. The van der Waals surface area contributed by atoms with Gasteiger partial charge in [-0.1, -0.05) is 13.8 Å². The molecule has 5 nitrogen and oxygen atoms in total. The number of rotatable bonds is 4. The Balaban J connectivity index is 1.98. The lowest BCUT2D eigenvalue weighted by molar-refractivity contribution is -0.136. The topological polar surface area (TPSA) is 50.2 Å². The van der Waals surface area contributed by atoms with Crippen LogP contribution < -0.4 is 5.32 Å². The van der Waals surface area contributed by atoms with Crippen LogP contribution in [0.2, 0.25) is 0 Å². The van der Waals surface area contributed by atoms with E-state index < -0.39 is 0 Å². The van der Waals surface area contributed by atoms with E-state index in [0.717, 1.165) is 24.9 Å². The minimum absolute atomic E-state index is 0.0181. The van der Waals surface area contributed by atoms with Crippen LogP contribution in [0.5, 0.6) is 0 Å². The van der Waals surface area contributed by atoms with Gasteiger partial charge in [0.25, 0.3) is 0 Å². The molecule has 2 rings (SSSR count). The van der Waals surface area contributed by atoms with Crippen LogP contribution in [0.1, 0.15) is 32.3 Å². The van der Waals surface area contributed by atoms with Gasteiger partial charge in [-0.15, -0.1) is 0 Å². The predicted octanol–water partition coefficient (Wildman–Crippen LogP) is 0.909. The number of carbonyl (C=O) groups is 1. The smallest absolute Gasteiger partial charge is 0.240 e. The highest BCUT2D eigenvalue weighted by atomic mass is 16.2. The Kier molecular flexibility index (Phi) is 4.01. The molecule has 100 valence electrons. The average Bonchev–Trinajstić information content (AvgIpc) is 2.69. The van der Waals surface area contributed by atoms with Gasteiger partial charge in [-0.05, 0) is 12.8 Å². The molecule has 1 N–H and O–H groups in total. The number of aryl methyl sites for hydroxylation is 1. The summed E-state index contributed by atoms with van der Waals surface area (Å²) in [6.45, 7) is 5.67. The van der Waals surface area contributed by atoms with Crippen molar-refractivity contribution in [2.24, 2.45) is 7.05 Å². The Labute approximate surface area is 108 Å². The fourth-order valence-electron chi connectivity index (χ4n) is 2.43. The molecule has 2 heterocycles. The second-order valence-electron chi connectivity index (χ2n) is 5.30. The first kappa shape index (κ1) is 13.1. The zero-order valence-corrected chi connectivity index (χ0v) is 11.4. The quantitative estimate of drug-likeness (QED) is 0.864. The highest BCUT2D eigenvalue weighted by Gasteiger charge is 2.28. The summed E-state index contributed by atoms with van der Waals surface area (Å²) in [5, 5.41) is 7.48. The fraction of sp³-hybridized carbons (Fsp3) is 0.692. The first-order chi connectivity index (χ1) is 8.56. The molecule has 1 fully saturated rings. The summed E-state index contributed by atoms with van der Waals surface area (Å²) in [6.07, 6.45) is 5.80. The molecular weight excluding hydrogens is 228 g/mol. The standard InChI is InChI=1S/C13H22N4O/c1-10(2)15-12-5-4-6-17(13(12)18)9-11-7-14-16(3)8-11/h7-8,10,12,15H,4-6,9H2,1-3H3. The third kappa shape index (κ3) is 3.10. The van der Waals surface area contributed by atoms with Gasteiger partial charge >= 0.3 is 0 Å². The Morgan fingerprint density at radius 3 is 2.94 bits per heavy atom. The van der Waals surface area contributed by atoms with Gasteiger partial charge in [0.1, 0.15) is 0 Å². The number of hydrogen-bond acceptors (Lipinski definition) is 3. The van der Waals surface area contributed by atoms with Crippen LogP contribution in [0.3, 0.4) is 0 Å². The second kappa shape index (κ2) is 5.52. The number of nitrogens with zero attached hydrogens (tertiary/aromatic N) is 3. The number of hydrogen-bond donors (Lipinski definition) is 1. The molecule has 0 aromatic carbocycles. The lowest BCUT2D eigenvalue weighted by Crippen LogP contribution is -2.51. The Morgan fingerprint density at radius 1 is 1.56 bits per heavy atom. The minimum atomic E-state index is -0.0181. The van der Waals surface area contributed by atoms with E-state index in [2.05, 4.69) is 24.3 Å². The van der Waals surface area contributed by atoms with Crippen molar-refractivity contribution in [3.63, 3.8) is 0 Å². The molecule has 1 amide bonds. The van der Waals surface area contributed by atoms with Crippen LogP contribution >= 0.6 is 0 Å². The monoisotopic (exact) mass is 250 g/mol. The summed E-state index contributed by atoms with van der Waals surface area (Å²) >= 11 is 0. The Bertz CT molecular complexity index is 413. The van der Waals surface area contributed by atoms with Crippen molar-refractivity contribution in [2.75, 3.05) is 6.54 Å². The number of carbonyl (C=O) groups excluding carboxylic acids is 1. The summed E-state index contributed by atoms with van der Waals surface area (Å²) in [5.41, 5.74) is 1.09. The zero-order chi connectivity index (χ0) is 13.1. The predicted molar refractivity (Wildman–Crippen MR) is 69.9 cm³/mol. The van der Waals surface area contributed by atoms with E-state index in [9.17, 15) is 4.79 Å². The average molecular weight is 250 g/mol. The number of aromatic nitrogens is 2. The van der Waals surface area contributed by atoms with Crippen molar-refractivity contribution in [3.8, 4) is 0 Å². The fourth-order valence-corrected chi connectivity index (χ4v) is 2.43. The van der Waals surface area contributed by atoms with Crippen LogP contribution in [0.15, 0.2) is 12.4 Å². The molecular formula is C13H22N4O. The van der Waals surface area contributed by atoms with Crippen molar-refractivity contribution < 1.29 is 4.79 Å². The van der Waals surface area contributed by atoms with E-state index in [1.54, 1.807) is 4.68 Å². The molecule has 1 aliphatic rings. The van der Waals surface area contributed by atoms with Crippen LogP contribution in [0.25, 0.3) is 0 Å². The number of piperidine rings is 1. The molecule has 18 heavy (non-hydrogen) atoms. The lowest BCUT2D eigenvalue weighted by atomic mass is 10.0. The van der Waals surface area contributed by atoms with Crippen LogP contribution in [0.4, 0.5) is 0 Å². The van der Waals surface area contributed by atoms with E-state index >= 15 is 0 Å². The summed E-state index contributed by atoms with van der Waals surface area (Å²) < 4.78 is 1.77. The van der Waals surface area contributed by atoms with Crippen molar-refractivity contribution in [1.82, 2.24) is 20.0 Å². The summed E-state index contributed by atoms with van der Waals surface area (Å²) in [6, 6.07) is 0.327. The van der Waals surface area contributed by atoms with Crippen LogP contribution in [-0.2, 0) is 18.4 Å². The molecule has 1 unspecified atom stereocenters. The van der Waals surface area contributed by atoms with E-state index in [1.165, 1.54) is 0 Å². The third-order valence-corrected chi connectivity index (χ3v) is 3.20. The maximum Gasteiger partial charge on any atom is 0.240 e. The van der Waals surface area contributed by atoms with E-state index in [0.29, 0.717) is 12.6 Å². The normalized spacial score (nSPS) is 20.8. The molecule has 0 aliphatic carbocycles. The van der Waals surface area contributed by atoms with E-state index in [1.807, 2.05) is 24.3 Å². The molecule has 5 heteroatoms. The van der Waals surface area contributed by atoms with Gasteiger partial charge in [-0.2, -0.15) is 5.10 Å². The van der Waals surface area contributed by atoms with Crippen molar-refractivity contribution in [1.29, 1.82) is 0 Å². The Hall–Kier alpha value is -1.36. The molecule has 1 saturated heterocycles. The second-order valence-corrected chi connectivity index (χ2v) is 5.30. The molecule has 0 spiro atoms. The Morgan fingerprint density at radius 2 is 2.33 bits per heavy atom. The lowest BCUT2D eigenvalue weighted by Gasteiger charge is -2.33. The van der Waals surface area contributed by atoms with Crippen LogP contribution in [-0.4, -0.2) is 39.2 Å². The largest absolute Gasteiger partial charge is 0.337 e. The molecule has 1 aromatic heterocycles. The molecule has 0 saturated carbocycles. The van der Waals surface area contributed by atoms with Crippen molar-refractivity contribution in [3.05, 3.63) is 18.0 Å². The first-order valence-corrected chi connectivity index (χ1v) is 6.58. The van der Waals surface area contributed by atoms with Gasteiger partial charge in [0, 0.05) is 37.9 Å². The number of likely N-dealkylation sites (tertiary alicyclic amines) is 1. The number of nitrogens with one attached hydrogen (secondary N) is 1. The maximum absolute atomic E-state index is 12.3. The third-order valence-electron chi connectivity index (χ3n) is 3.20. The molecule has 1 aromatic rings. The summed E-state index contributed by atoms with van der Waals surface area (Å²) in [7, 11) is 1.89. The van der Waals surface area contributed by atoms with E-state index in [-0.39, 0.29) is 11.9 Å². The van der Waals surface area contributed by atoms with Gasteiger partial charge in [0.05, 0.1) is 12.2 Å². The van der Waals surface area contributed by atoms with Crippen molar-refractivity contribution >= 4 is 5.91 Å². The summed E-state index contributed by atoms with van der Waals surface area (Å²) in [5.74, 6) is 0.221. The molecule has 1 atom stereocenters. The van der Waals surface area contributed by atoms with Gasteiger partial charge < -0.3 is 10.2 Å². The minimum Gasteiger partial charge on any atom is -0.337 e. The first-order valence-electron chi connectivity index (χ1n) is 6.58. The van der Waals surface area contributed by atoms with Gasteiger partial charge in [0.15, 0.2) is 0 Å². The highest BCUT2D eigenvalue weighted by Crippen LogP contribution is 2.15. The van der Waals surface area contributed by atoms with Gasteiger partial charge in [0.2, 0.25) is 5.91 Å². The molecule has 0 radical (unpaired) electrons. The maximum atomic E-state index is 12.3. The van der Waals surface area contributed by atoms with E-state index in [4.69, 9.17) is 0 Å². The SMILES string of the molecule is CC(C)NC1CCCN(Cc2cnn(C)c2)C1=O. The molecule has 1 aliphatic heterocycles. The van der Waals surface area contributed by atoms with Crippen LogP contribution in [0, 0.1) is 0 Å². The molecule has 0 bridgehead atoms. The number of amides is 1. The highest BCUT2D eigenvalue weighted by molar-refractivity contribution is 5.82. The van der Waals surface area contributed by atoms with Gasteiger partial charge in [-0.3, -0.25) is 9.48 Å².